The minimum atomic E-state index is -4.33. The molecule has 0 aliphatic carbocycles. The first kappa shape index (κ1) is 13.8. The third-order valence-electron chi connectivity index (χ3n) is 3.91. The fraction of sp³-hybridized carbons (Fsp3) is 0.0556. The molecule has 0 aromatic heterocycles. The van der Waals surface area contributed by atoms with Gasteiger partial charge in [0.15, 0.2) is 0 Å². The highest BCUT2D eigenvalue weighted by Gasteiger charge is 2.30. The van der Waals surface area contributed by atoms with Gasteiger partial charge in [-0.1, -0.05) is 24.3 Å². The van der Waals surface area contributed by atoms with Crippen molar-refractivity contribution in [3.05, 3.63) is 66.2 Å². The van der Waals surface area contributed by atoms with Crippen LogP contribution in [0.5, 0.6) is 0 Å². The van der Waals surface area contributed by atoms with Crippen LogP contribution in [0, 0.1) is 0 Å². The highest BCUT2D eigenvalue weighted by atomic mass is 19.4. The minimum Gasteiger partial charge on any atom is -0.300 e. The van der Waals surface area contributed by atoms with Crippen molar-refractivity contribution in [1.29, 1.82) is 0 Å². The van der Waals surface area contributed by atoms with E-state index in [1.165, 1.54) is 12.1 Å². The molecule has 5 heteroatoms. The predicted molar refractivity (Wildman–Crippen MR) is 85.7 cm³/mol. The summed E-state index contributed by atoms with van der Waals surface area (Å²) in [6, 6.07) is 16.8. The van der Waals surface area contributed by atoms with Crippen molar-refractivity contribution in [2.45, 2.75) is 6.18 Å². The third kappa shape index (κ3) is 2.25. The van der Waals surface area contributed by atoms with Crippen LogP contribution in [0.1, 0.15) is 5.56 Å². The van der Waals surface area contributed by atoms with Gasteiger partial charge in [0.2, 0.25) is 0 Å². The lowest BCUT2D eigenvalue weighted by atomic mass is 10.0. The number of alkyl halides is 3. The Labute approximate surface area is 130 Å². The molecule has 1 aliphatic heterocycles. The number of anilines is 2. The molecule has 114 valence electrons. The van der Waals surface area contributed by atoms with Gasteiger partial charge in [-0.25, -0.2) is 4.99 Å². The molecule has 1 heterocycles. The normalized spacial score (nSPS) is 13.6. The van der Waals surface area contributed by atoms with E-state index in [-0.39, 0.29) is 0 Å². The average molecular weight is 312 g/mol. The Morgan fingerprint density at radius 2 is 1.52 bits per heavy atom. The Kier molecular flexibility index (Phi) is 2.91. The lowest BCUT2D eigenvalue weighted by Gasteiger charge is -2.25. The zero-order valence-corrected chi connectivity index (χ0v) is 11.9. The molecule has 1 aliphatic rings. The second-order valence-corrected chi connectivity index (χ2v) is 5.31. The second kappa shape index (κ2) is 4.84. The van der Waals surface area contributed by atoms with Crippen LogP contribution in [0.2, 0.25) is 0 Å². The second-order valence-electron chi connectivity index (χ2n) is 5.31. The van der Waals surface area contributed by atoms with E-state index in [4.69, 9.17) is 0 Å². The molecule has 0 amide bonds. The maximum absolute atomic E-state index is 12.7. The largest absolute Gasteiger partial charge is 0.416 e. The van der Waals surface area contributed by atoms with Gasteiger partial charge >= 0.3 is 6.18 Å². The summed E-state index contributed by atoms with van der Waals surface area (Å²) in [5.74, 6) is 0. The van der Waals surface area contributed by atoms with Gasteiger partial charge in [0.25, 0.3) is 0 Å². The van der Waals surface area contributed by atoms with Crippen LogP contribution in [0.15, 0.2) is 65.7 Å². The molecule has 4 rings (SSSR count). The monoisotopic (exact) mass is 312 g/mol. The Balaban J connectivity index is 1.83. The average Bonchev–Trinajstić information content (AvgIpc) is 2.55. The number of hydrogen-bond donors (Lipinski definition) is 0. The van der Waals surface area contributed by atoms with Crippen LogP contribution in [0.3, 0.4) is 0 Å². The van der Waals surface area contributed by atoms with Crippen LogP contribution in [-0.4, -0.2) is 6.34 Å². The summed E-state index contributed by atoms with van der Waals surface area (Å²) in [6.07, 6.45) is -2.69. The first-order chi connectivity index (χ1) is 11.0. The van der Waals surface area contributed by atoms with E-state index in [1.54, 1.807) is 11.2 Å². The van der Waals surface area contributed by atoms with Crippen LogP contribution >= 0.6 is 0 Å². The molecule has 0 fully saturated rings. The van der Waals surface area contributed by atoms with Gasteiger partial charge in [0.1, 0.15) is 6.34 Å². The van der Waals surface area contributed by atoms with Gasteiger partial charge in [-0.3, -0.25) is 0 Å². The zero-order chi connectivity index (χ0) is 16.0. The van der Waals surface area contributed by atoms with Crippen LogP contribution in [0.4, 0.5) is 30.2 Å². The Morgan fingerprint density at radius 1 is 0.826 bits per heavy atom. The number of nitrogens with zero attached hydrogens (tertiary/aromatic N) is 2. The van der Waals surface area contributed by atoms with E-state index < -0.39 is 11.7 Å². The van der Waals surface area contributed by atoms with E-state index in [0.29, 0.717) is 5.69 Å². The summed E-state index contributed by atoms with van der Waals surface area (Å²) >= 11 is 0. The summed E-state index contributed by atoms with van der Waals surface area (Å²) in [7, 11) is 0. The van der Waals surface area contributed by atoms with E-state index in [0.717, 1.165) is 34.3 Å². The summed E-state index contributed by atoms with van der Waals surface area (Å²) in [6.45, 7) is 0. The van der Waals surface area contributed by atoms with Crippen molar-refractivity contribution in [3.63, 3.8) is 0 Å². The van der Waals surface area contributed by atoms with Gasteiger partial charge in [-0.05, 0) is 41.8 Å². The summed E-state index contributed by atoms with van der Waals surface area (Å²) < 4.78 is 38.1. The third-order valence-corrected chi connectivity index (χ3v) is 3.91. The standard InChI is InChI=1S/C18H11F3N2/c19-18(20,21)13-7-9-14(10-8-13)23-11-22-15-5-1-3-12-4-2-6-16(23)17(12)15/h1-11H. The number of hydrogen-bond acceptors (Lipinski definition) is 2. The molecule has 0 atom stereocenters. The van der Waals surface area contributed by atoms with Crippen LogP contribution in [0.25, 0.3) is 10.8 Å². The number of halogens is 3. The lowest BCUT2D eigenvalue weighted by Crippen LogP contribution is -2.17. The molecule has 0 saturated heterocycles. The molecule has 3 aromatic rings. The van der Waals surface area contributed by atoms with E-state index >= 15 is 0 Å². The Hall–Kier alpha value is -2.82. The molecule has 23 heavy (non-hydrogen) atoms. The first-order valence-corrected chi connectivity index (χ1v) is 7.06. The van der Waals surface area contributed by atoms with E-state index in [9.17, 15) is 13.2 Å². The van der Waals surface area contributed by atoms with Crippen molar-refractivity contribution in [2.75, 3.05) is 4.90 Å². The van der Waals surface area contributed by atoms with E-state index in [1.807, 2.05) is 36.4 Å². The number of rotatable bonds is 1. The van der Waals surface area contributed by atoms with Crippen LogP contribution in [-0.2, 0) is 6.18 Å². The molecule has 0 saturated carbocycles. The molecular weight excluding hydrogens is 301 g/mol. The maximum Gasteiger partial charge on any atom is 0.416 e. The van der Waals surface area contributed by atoms with Crippen molar-refractivity contribution in [3.8, 4) is 0 Å². The molecule has 0 bridgehead atoms. The fourth-order valence-electron chi connectivity index (χ4n) is 2.81. The molecule has 0 N–H and O–H groups in total. The lowest BCUT2D eigenvalue weighted by molar-refractivity contribution is -0.137. The van der Waals surface area contributed by atoms with Crippen molar-refractivity contribution in [1.82, 2.24) is 0 Å². The predicted octanol–water partition coefficient (Wildman–Crippen LogP) is 5.67. The highest BCUT2D eigenvalue weighted by Crippen LogP contribution is 2.40. The molecule has 3 aromatic carbocycles. The van der Waals surface area contributed by atoms with Gasteiger partial charge in [-0.2, -0.15) is 13.2 Å². The van der Waals surface area contributed by atoms with Crippen LogP contribution < -0.4 is 4.90 Å². The molecular formula is C18H11F3N2. The molecule has 0 radical (unpaired) electrons. The summed E-state index contributed by atoms with van der Waals surface area (Å²) in [4.78, 5) is 6.22. The van der Waals surface area contributed by atoms with Crippen molar-refractivity contribution < 1.29 is 13.2 Å². The van der Waals surface area contributed by atoms with E-state index in [2.05, 4.69) is 4.99 Å². The Morgan fingerprint density at radius 3 is 2.22 bits per heavy atom. The van der Waals surface area contributed by atoms with Gasteiger partial charge in [-0.15, -0.1) is 0 Å². The fourth-order valence-corrected chi connectivity index (χ4v) is 2.81. The van der Waals surface area contributed by atoms with Gasteiger partial charge in [0, 0.05) is 11.1 Å². The minimum absolute atomic E-state index is 0.642. The maximum atomic E-state index is 12.7. The van der Waals surface area contributed by atoms with Crippen molar-refractivity contribution in [2.24, 2.45) is 4.99 Å². The summed E-state index contributed by atoms with van der Waals surface area (Å²) in [5, 5.41) is 2.05. The summed E-state index contributed by atoms with van der Waals surface area (Å²) in [5.41, 5.74) is 1.76. The Bertz CT molecular complexity index is 906. The molecule has 0 unspecified atom stereocenters. The topological polar surface area (TPSA) is 15.6 Å². The molecule has 0 spiro atoms. The van der Waals surface area contributed by atoms with Gasteiger partial charge in [0.05, 0.1) is 16.9 Å². The van der Waals surface area contributed by atoms with Crippen molar-refractivity contribution >= 4 is 34.2 Å². The SMILES string of the molecule is FC(F)(F)c1ccc(N2C=Nc3cccc4cccc2c34)cc1. The number of aliphatic imine (C=N–C) groups is 1. The first-order valence-electron chi connectivity index (χ1n) is 7.06. The highest BCUT2D eigenvalue weighted by molar-refractivity contribution is 6.11. The zero-order valence-electron chi connectivity index (χ0n) is 11.9. The quantitative estimate of drug-likeness (QED) is 0.565. The van der Waals surface area contributed by atoms with Gasteiger partial charge < -0.3 is 4.90 Å². The number of benzene rings is 3. The smallest absolute Gasteiger partial charge is 0.300 e. The molecule has 2 nitrogen and oxygen atoms in total.